The lowest BCUT2D eigenvalue weighted by Gasteiger charge is -2.30. The lowest BCUT2D eigenvalue weighted by Crippen LogP contribution is -2.41. The van der Waals surface area contributed by atoms with Crippen molar-refractivity contribution in [1.82, 2.24) is 9.55 Å². The SMILES string of the molecule is Cc1ccc(NC(=O)CC2C(=O)N(C3CCCCC3)c3nc4ccccc4n32)cc1. The van der Waals surface area contributed by atoms with Gasteiger partial charge in [0.15, 0.2) is 0 Å². The highest BCUT2D eigenvalue weighted by Crippen LogP contribution is 2.40. The molecule has 1 atom stereocenters. The molecule has 30 heavy (non-hydrogen) atoms. The number of nitrogens with one attached hydrogen (secondary N) is 1. The van der Waals surface area contributed by atoms with Crippen molar-refractivity contribution in [1.29, 1.82) is 0 Å². The van der Waals surface area contributed by atoms with Crippen LogP contribution in [0.5, 0.6) is 0 Å². The van der Waals surface area contributed by atoms with Crippen molar-refractivity contribution in [2.45, 2.75) is 57.5 Å². The fraction of sp³-hybridized carbons (Fsp3) is 0.375. The molecule has 6 heteroatoms. The number of aryl methyl sites for hydroxylation is 1. The zero-order valence-corrected chi connectivity index (χ0v) is 17.2. The lowest BCUT2D eigenvalue weighted by molar-refractivity contribution is -0.125. The molecular formula is C24H26N4O2. The molecule has 0 bridgehead atoms. The first-order chi connectivity index (χ1) is 14.6. The summed E-state index contributed by atoms with van der Waals surface area (Å²) < 4.78 is 1.97. The molecule has 1 fully saturated rings. The summed E-state index contributed by atoms with van der Waals surface area (Å²) in [5.41, 5.74) is 3.66. The molecule has 5 rings (SSSR count). The zero-order chi connectivity index (χ0) is 20.7. The average Bonchev–Trinajstić information content (AvgIpc) is 3.25. The number of para-hydroxylation sites is 2. The third-order valence-electron chi connectivity index (χ3n) is 6.28. The number of carbonyl (C=O) groups is 2. The van der Waals surface area contributed by atoms with Gasteiger partial charge in [0, 0.05) is 11.7 Å². The van der Waals surface area contributed by atoms with Crippen LogP contribution in [0.4, 0.5) is 11.6 Å². The van der Waals surface area contributed by atoms with Gasteiger partial charge in [-0.05, 0) is 44.0 Å². The van der Waals surface area contributed by atoms with Gasteiger partial charge < -0.3 is 5.32 Å². The van der Waals surface area contributed by atoms with Crippen molar-refractivity contribution >= 4 is 34.5 Å². The number of nitrogens with zero attached hydrogens (tertiary/aromatic N) is 3. The van der Waals surface area contributed by atoms with E-state index in [0.29, 0.717) is 5.95 Å². The fourth-order valence-electron chi connectivity index (χ4n) is 4.76. The van der Waals surface area contributed by atoms with Crippen molar-refractivity contribution in [3.63, 3.8) is 0 Å². The van der Waals surface area contributed by atoms with E-state index in [9.17, 15) is 9.59 Å². The highest BCUT2D eigenvalue weighted by molar-refractivity contribution is 6.05. The molecule has 3 aromatic rings. The van der Waals surface area contributed by atoms with Crippen LogP contribution in [0.1, 0.15) is 50.1 Å². The largest absolute Gasteiger partial charge is 0.326 e. The van der Waals surface area contributed by atoms with Gasteiger partial charge in [-0.1, -0.05) is 49.1 Å². The summed E-state index contributed by atoms with van der Waals surface area (Å²) in [5, 5.41) is 2.94. The van der Waals surface area contributed by atoms with Gasteiger partial charge in [0.1, 0.15) is 6.04 Å². The molecule has 1 unspecified atom stereocenters. The highest BCUT2D eigenvalue weighted by atomic mass is 16.2. The zero-order valence-electron chi connectivity index (χ0n) is 17.2. The van der Waals surface area contributed by atoms with Crippen LogP contribution < -0.4 is 10.2 Å². The number of fused-ring (bicyclic) bond motifs is 3. The second kappa shape index (κ2) is 7.59. The second-order valence-corrected chi connectivity index (χ2v) is 8.40. The molecule has 1 aliphatic carbocycles. The Morgan fingerprint density at radius 1 is 1.07 bits per heavy atom. The quantitative estimate of drug-likeness (QED) is 0.694. The Bertz CT molecular complexity index is 1100. The van der Waals surface area contributed by atoms with E-state index in [-0.39, 0.29) is 24.3 Å². The van der Waals surface area contributed by atoms with Crippen molar-refractivity contribution in [3.8, 4) is 0 Å². The summed E-state index contributed by atoms with van der Waals surface area (Å²) in [7, 11) is 0. The van der Waals surface area contributed by atoms with E-state index in [0.717, 1.165) is 48.0 Å². The molecule has 0 saturated heterocycles. The van der Waals surface area contributed by atoms with Crippen molar-refractivity contribution in [2.24, 2.45) is 0 Å². The molecular weight excluding hydrogens is 376 g/mol. The van der Waals surface area contributed by atoms with Crippen LogP contribution in [0.15, 0.2) is 48.5 Å². The molecule has 1 N–H and O–H groups in total. The molecule has 0 radical (unpaired) electrons. The van der Waals surface area contributed by atoms with Gasteiger partial charge in [0.25, 0.3) is 5.91 Å². The maximum absolute atomic E-state index is 13.5. The Kier molecular flexibility index (Phi) is 4.77. The molecule has 1 saturated carbocycles. The Hall–Kier alpha value is -3.15. The van der Waals surface area contributed by atoms with Crippen molar-refractivity contribution in [3.05, 3.63) is 54.1 Å². The molecule has 0 spiro atoms. The second-order valence-electron chi connectivity index (χ2n) is 8.40. The molecule has 154 valence electrons. The highest BCUT2D eigenvalue weighted by Gasteiger charge is 2.44. The first-order valence-electron chi connectivity index (χ1n) is 10.8. The van der Waals surface area contributed by atoms with Crippen LogP contribution in [-0.2, 0) is 9.59 Å². The van der Waals surface area contributed by atoms with Gasteiger partial charge in [0.05, 0.1) is 17.5 Å². The summed E-state index contributed by atoms with van der Waals surface area (Å²) in [4.78, 5) is 33.0. The maximum atomic E-state index is 13.5. The van der Waals surface area contributed by atoms with E-state index in [4.69, 9.17) is 4.98 Å². The van der Waals surface area contributed by atoms with Crippen LogP contribution >= 0.6 is 0 Å². The van der Waals surface area contributed by atoms with E-state index in [2.05, 4.69) is 5.32 Å². The van der Waals surface area contributed by atoms with Crippen molar-refractivity contribution in [2.75, 3.05) is 10.2 Å². The minimum atomic E-state index is -0.556. The van der Waals surface area contributed by atoms with E-state index >= 15 is 0 Å². The Balaban J connectivity index is 1.46. The summed E-state index contributed by atoms with van der Waals surface area (Å²) in [6, 6.07) is 15.2. The van der Waals surface area contributed by atoms with Gasteiger partial charge in [-0.25, -0.2) is 4.98 Å². The number of hydrogen-bond acceptors (Lipinski definition) is 3. The molecule has 6 nitrogen and oxygen atoms in total. The average molecular weight is 402 g/mol. The van der Waals surface area contributed by atoms with Crippen LogP contribution in [0.2, 0.25) is 0 Å². The first kappa shape index (κ1) is 18.9. The fourth-order valence-corrected chi connectivity index (χ4v) is 4.76. The van der Waals surface area contributed by atoms with Gasteiger partial charge in [-0.3, -0.25) is 19.1 Å². The standard InChI is InChI=1S/C24H26N4O2/c1-16-11-13-17(14-12-16)25-22(29)15-21-23(30)27(18-7-3-2-4-8-18)24-26-19-9-5-6-10-20(19)28(21)24/h5-6,9-14,18,21H,2-4,7-8,15H2,1H3,(H,25,29). The Morgan fingerprint density at radius 2 is 1.80 bits per heavy atom. The Morgan fingerprint density at radius 3 is 2.57 bits per heavy atom. The normalized spacial score (nSPS) is 19.3. The first-order valence-corrected chi connectivity index (χ1v) is 10.8. The summed E-state index contributed by atoms with van der Waals surface area (Å²) in [6.07, 6.45) is 5.58. The number of aromatic nitrogens is 2. The number of carbonyl (C=O) groups excluding carboxylic acids is 2. The smallest absolute Gasteiger partial charge is 0.253 e. The summed E-state index contributed by atoms with van der Waals surface area (Å²) in [6.45, 7) is 2.01. The summed E-state index contributed by atoms with van der Waals surface area (Å²) in [5.74, 6) is 0.530. The van der Waals surface area contributed by atoms with E-state index in [1.54, 1.807) is 0 Å². The minimum Gasteiger partial charge on any atom is -0.326 e. The number of anilines is 2. The van der Waals surface area contributed by atoms with Crippen LogP contribution in [0.3, 0.4) is 0 Å². The molecule has 2 aliphatic rings. The molecule has 2 heterocycles. The number of hydrogen-bond donors (Lipinski definition) is 1. The minimum absolute atomic E-state index is 0.00536. The summed E-state index contributed by atoms with van der Waals surface area (Å²) >= 11 is 0. The molecule has 2 amide bonds. The number of rotatable bonds is 4. The van der Waals surface area contributed by atoms with Gasteiger partial charge >= 0.3 is 0 Å². The van der Waals surface area contributed by atoms with E-state index in [1.807, 2.05) is 64.9 Å². The van der Waals surface area contributed by atoms with E-state index in [1.165, 1.54) is 6.42 Å². The number of benzene rings is 2. The predicted octanol–water partition coefficient (Wildman–Crippen LogP) is 4.59. The topological polar surface area (TPSA) is 67.2 Å². The predicted molar refractivity (Wildman–Crippen MR) is 118 cm³/mol. The van der Waals surface area contributed by atoms with E-state index < -0.39 is 6.04 Å². The number of amides is 2. The Labute approximate surface area is 175 Å². The maximum Gasteiger partial charge on any atom is 0.253 e. The molecule has 1 aliphatic heterocycles. The third-order valence-corrected chi connectivity index (χ3v) is 6.28. The van der Waals surface area contributed by atoms with Crippen molar-refractivity contribution < 1.29 is 9.59 Å². The van der Waals surface area contributed by atoms with Crippen LogP contribution in [0, 0.1) is 6.92 Å². The molecule has 2 aromatic carbocycles. The monoisotopic (exact) mass is 402 g/mol. The molecule has 1 aromatic heterocycles. The van der Waals surface area contributed by atoms with Gasteiger partial charge in [-0.15, -0.1) is 0 Å². The van der Waals surface area contributed by atoms with Gasteiger partial charge in [-0.2, -0.15) is 0 Å². The van der Waals surface area contributed by atoms with Crippen LogP contribution in [0.25, 0.3) is 11.0 Å². The number of imidazole rings is 1. The van der Waals surface area contributed by atoms with Gasteiger partial charge in [0.2, 0.25) is 11.9 Å². The van der Waals surface area contributed by atoms with Crippen LogP contribution in [-0.4, -0.2) is 27.4 Å². The third kappa shape index (κ3) is 3.26. The lowest BCUT2D eigenvalue weighted by atomic mass is 9.94.